The fourth-order valence-electron chi connectivity index (χ4n) is 1.35. The molecule has 0 aromatic carbocycles. The van der Waals surface area contributed by atoms with Crippen LogP contribution in [0.3, 0.4) is 0 Å². The number of halogens is 1. The molecule has 0 saturated carbocycles. The molecule has 2 heterocycles. The van der Waals surface area contributed by atoms with Gasteiger partial charge in [0.15, 0.2) is 0 Å². The second-order valence-electron chi connectivity index (χ2n) is 3.70. The van der Waals surface area contributed by atoms with Crippen LogP contribution >= 0.6 is 11.6 Å². The van der Waals surface area contributed by atoms with Gasteiger partial charge in [0.1, 0.15) is 17.3 Å². The average Bonchev–Trinajstić information content (AvgIpc) is 2.75. The fourth-order valence-corrected chi connectivity index (χ4v) is 1.51. The Morgan fingerprint density at radius 3 is 2.94 bits per heavy atom. The average molecular weight is 267 g/mol. The van der Waals surface area contributed by atoms with Crippen LogP contribution in [-0.2, 0) is 6.54 Å². The summed E-state index contributed by atoms with van der Waals surface area (Å²) in [4.78, 5) is 15.6. The molecule has 0 fully saturated rings. The van der Waals surface area contributed by atoms with Gasteiger partial charge in [0.2, 0.25) is 0 Å². The van der Waals surface area contributed by atoms with Crippen LogP contribution < -0.4 is 11.1 Å². The molecule has 2 aromatic heterocycles. The Bertz CT molecular complexity index is 582. The van der Waals surface area contributed by atoms with Crippen molar-refractivity contribution in [1.29, 1.82) is 0 Å². The van der Waals surface area contributed by atoms with E-state index in [2.05, 4.69) is 15.5 Å². The highest BCUT2D eigenvalue weighted by Crippen LogP contribution is 2.16. The Morgan fingerprint density at radius 1 is 1.56 bits per heavy atom. The van der Waals surface area contributed by atoms with Crippen LogP contribution in [-0.4, -0.2) is 16.0 Å². The number of pyridine rings is 1. The van der Waals surface area contributed by atoms with Crippen LogP contribution in [0.4, 0.5) is 5.82 Å². The molecular weight excluding hydrogens is 256 g/mol. The molecule has 0 spiro atoms. The maximum Gasteiger partial charge on any atom is 0.253 e. The molecule has 0 aliphatic rings. The molecular formula is C11H11ClN4O2. The molecule has 94 valence electrons. The van der Waals surface area contributed by atoms with Gasteiger partial charge in [-0.3, -0.25) is 4.79 Å². The minimum atomic E-state index is -0.301. The van der Waals surface area contributed by atoms with Gasteiger partial charge in [0.25, 0.3) is 5.91 Å². The molecule has 6 nitrogen and oxygen atoms in total. The number of aryl methyl sites for hydroxylation is 1. The number of amides is 1. The molecule has 3 N–H and O–H groups in total. The van der Waals surface area contributed by atoms with Crippen molar-refractivity contribution in [3.63, 3.8) is 0 Å². The first-order chi connectivity index (χ1) is 8.56. The van der Waals surface area contributed by atoms with Crippen molar-refractivity contribution in [2.24, 2.45) is 0 Å². The number of nitrogens with zero attached hydrogens (tertiary/aromatic N) is 2. The normalized spacial score (nSPS) is 10.3. The third-order valence-electron chi connectivity index (χ3n) is 2.24. The summed E-state index contributed by atoms with van der Waals surface area (Å²) >= 11 is 5.78. The molecule has 0 saturated heterocycles. The first kappa shape index (κ1) is 12.4. The van der Waals surface area contributed by atoms with E-state index in [-0.39, 0.29) is 23.3 Å². The number of hydrogen-bond acceptors (Lipinski definition) is 5. The van der Waals surface area contributed by atoms with Crippen molar-refractivity contribution in [2.45, 2.75) is 13.5 Å². The van der Waals surface area contributed by atoms with Crippen molar-refractivity contribution < 1.29 is 9.32 Å². The zero-order valence-electron chi connectivity index (χ0n) is 9.61. The summed E-state index contributed by atoms with van der Waals surface area (Å²) in [5.74, 6) is 0.585. The van der Waals surface area contributed by atoms with Crippen molar-refractivity contribution in [2.75, 3.05) is 5.73 Å². The van der Waals surface area contributed by atoms with E-state index in [1.165, 1.54) is 12.3 Å². The summed E-state index contributed by atoms with van der Waals surface area (Å²) in [6.45, 7) is 2.06. The number of nitrogens with one attached hydrogen (secondary N) is 1. The molecule has 0 unspecified atom stereocenters. The van der Waals surface area contributed by atoms with Gasteiger partial charge >= 0.3 is 0 Å². The van der Waals surface area contributed by atoms with Gasteiger partial charge in [-0.15, -0.1) is 0 Å². The quantitative estimate of drug-likeness (QED) is 0.879. The molecule has 18 heavy (non-hydrogen) atoms. The molecule has 2 aromatic rings. The second kappa shape index (κ2) is 5.05. The largest absolute Gasteiger partial charge is 0.382 e. The third kappa shape index (κ3) is 2.78. The Hall–Kier alpha value is -2.08. The molecule has 0 atom stereocenters. The topological polar surface area (TPSA) is 94.0 Å². The summed E-state index contributed by atoms with van der Waals surface area (Å²) in [5.41, 5.74) is 6.45. The molecule has 7 heteroatoms. The highest BCUT2D eigenvalue weighted by atomic mass is 35.5. The first-order valence-corrected chi connectivity index (χ1v) is 5.55. The predicted octanol–water partition coefficient (Wildman–Crippen LogP) is 1.54. The van der Waals surface area contributed by atoms with Crippen molar-refractivity contribution in [3.8, 4) is 0 Å². The Kier molecular flexibility index (Phi) is 3.47. The van der Waals surface area contributed by atoms with Crippen LogP contribution in [0.2, 0.25) is 5.02 Å². The maximum absolute atomic E-state index is 11.8. The van der Waals surface area contributed by atoms with E-state index in [9.17, 15) is 4.79 Å². The number of hydrogen-bond donors (Lipinski definition) is 2. The van der Waals surface area contributed by atoms with Gasteiger partial charge in [0, 0.05) is 12.3 Å². The zero-order valence-corrected chi connectivity index (χ0v) is 10.4. The first-order valence-electron chi connectivity index (χ1n) is 5.17. The number of anilines is 1. The van der Waals surface area contributed by atoms with Crippen molar-refractivity contribution in [1.82, 2.24) is 15.5 Å². The van der Waals surface area contributed by atoms with E-state index >= 15 is 0 Å². The van der Waals surface area contributed by atoms with E-state index in [1.807, 2.05) is 0 Å². The van der Waals surface area contributed by atoms with Crippen LogP contribution in [0, 0.1) is 6.92 Å². The van der Waals surface area contributed by atoms with Gasteiger partial charge in [-0.2, -0.15) is 0 Å². The highest BCUT2D eigenvalue weighted by Gasteiger charge is 2.09. The number of rotatable bonds is 3. The summed E-state index contributed by atoms with van der Waals surface area (Å²) < 4.78 is 4.89. The Morgan fingerprint density at radius 2 is 2.33 bits per heavy atom. The molecule has 0 bridgehead atoms. The fraction of sp³-hybridized carbons (Fsp3) is 0.182. The van der Waals surface area contributed by atoms with E-state index in [1.54, 1.807) is 13.0 Å². The second-order valence-corrected chi connectivity index (χ2v) is 4.11. The lowest BCUT2D eigenvalue weighted by atomic mass is 10.2. The third-order valence-corrected chi connectivity index (χ3v) is 2.54. The monoisotopic (exact) mass is 266 g/mol. The molecule has 0 radical (unpaired) electrons. The van der Waals surface area contributed by atoms with E-state index in [0.29, 0.717) is 17.0 Å². The van der Waals surface area contributed by atoms with Crippen LogP contribution in [0.15, 0.2) is 22.9 Å². The minimum Gasteiger partial charge on any atom is -0.382 e. The van der Waals surface area contributed by atoms with Gasteiger partial charge in [0.05, 0.1) is 17.1 Å². The van der Waals surface area contributed by atoms with Crippen molar-refractivity contribution >= 4 is 23.3 Å². The Labute approximate surface area is 108 Å². The number of nitrogen functional groups attached to an aromatic ring is 1. The maximum atomic E-state index is 11.8. The number of carbonyl (C=O) groups is 1. The lowest BCUT2D eigenvalue weighted by Gasteiger charge is -2.04. The number of aromatic nitrogens is 2. The minimum absolute atomic E-state index is 0.195. The van der Waals surface area contributed by atoms with E-state index in [0.717, 1.165) is 0 Å². The standard InChI is InChI=1S/C11H11ClN4O2/c1-6-2-8(16-18-6)5-15-11(17)7-3-9(12)10(13)14-4-7/h2-4H,5H2,1H3,(H2,13,14)(H,15,17). The molecule has 0 aliphatic heterocycles. The predicted molar refractivity (Wildman–Crippen MR) is 66.1 cm³/mol. The van der Waals surface area contributed by atoms with Crippen LogP contribution in [0.5, 0.6) is 0 Å². The number of carbonyl (C=O) groups excluding carboxylic acids is 1. The van der Waals surface area contributed by atoms with E-state index in [4.69, 9.17) is 21.9 Å². The van der Waals surface area contributed by atoms with Crippen LogP contribution in [0.25, 0.3) is 0 Å². The zero-order chi connectivity index (χ0) is 13.1. The summed E-state index contributed by atoms with van der Waals surface area (Å²) in [6.07, 6.45) is 1.37. The highest BCUT2D eigenvalue weighted by molar-refractivity contribution is 6.33. The molecule has 1 amide bonds. The van der Waals surface area contributed by atoms with Crippen molar-refractivity contribution in [3.05, 3.63) is 40.4 Å². The SMILES string of the molecule is Cc1cc(CNC(=O)c2cnc(N)c(Cl)c2)no1. The van der Waals surface area contributed by atoms with Gasteiger partial charge < -0.3 is 15.6 Å². The lowest BCUT2D eigenvalue weighted by Crippen LogP contribution is -2.23. The Balaban J connectivity index is 2.01. The molecule has 2 rings (SSSR count). The molecule has 0 aliphatic carbocycles. The van der Waals surface area contributed by atoms with Gasteiger partial charge in [-0.05, 0) is 13.0 Å². The van der Waals surface area contributed by atoms with Crippen LogP contribution in [0.1, 0.15) is 21.8 Å². The smallest absolute Gasteiger partial charge is 0.253 e. The van der Waals surface area contributed by atoms with E-state index < -0.39 is 0 Å². The summed E-state index contributed by atoms with van der Waals surface area (Å²) in [7, 11) is 0. The van der Waals surface area contributed by atoms with Gasteiger partial charge in [-0.1, -0.05) is 16.8 Å². The number of nitrogens with two attached hydrogens (primary N) is 1. The lowest BCUT2D eigenvalue weighted by molar-refractivity contribution is 0.0950. The van der Waals surface area contributed by atoms with Gasteiger partial charge in [-0.25, -0.2) is 4.98 Å². The summed E-state index contributed by atoms with van der Waals surface area (Å²) in [5, 5.41) is 6.69. The summed E-state index contributed by atoms with van der Waals surface area (Å²) in [6, 6.07) is 3.21.